The number of nitrogens with one attached hydrogen (secondary N) is 1. The Labute approximate surface area is 220 Å². The van der Waals surface area contributed by atoms with Gasteiger partial charge in [0.05, 0.1) is 22.7 Å². The molecule has 0 aromatic heterocycles. The Hall–Kier alpha value is -3.27. The summed E-state index contributed by atoms with van der Waals surface area (Å²) in [6.07, 6.45) is 0. The third kappa shape index (κ3) is 4.67. The van der Waals surface area contributed by atoms with Crippen LogP contribution >= 0.6 is 39.9 Å². The van der Waals surface area contributed by atoms with E-state index in [-0.39, 0.29) is 23.9 Å². The van der Waals surface area contributed by atoms with Gasteiger partial charge in [0.1, 0.15) is 10.9 Å². The average molecular weight is 564 g/mol. The molecule has 1 N–H and O–H groups in total. The van der Waals surface area contributed by atoms with Crippen molar-refractivity contribution < 1.29 is 14.4 Å². The second-order valence-corrected chi connectivity index (χ2v) is 10.5. The lowest BCUT2D eigenvalue weighted by Crippen LogP contribution is -2.35. The number of hydrogen-bond donors (Lipinski definition) is 1. The highest BCUT2D eigenvalue weighted by molar-refractivity contribution is 9.10. The van der Waals surface area contributed by atoms with Crippen molar-refractivity contribution in [2.75, 3.05) is 16.8 Å². The van der Waals surface area contributed by atoms with E-state index in [1.807, 2.05) is 48.5 Å². The predicted octanol–water partition coefficient (Wildman–Crippen LogP) is 5.21. The largest absolute Gasteiger partial charge is 0.324 e. The Morgan fingerprint density at radius 2 is 1.66 bits per heavy atom. The van der Waals surface area contributed by atoms with E-state index in [1.54, 1.807) is 30.3 Å². The zero-order valence-corrected chi connectivity index (χ0v) is 21.5. The summed E-state index contributed by atoms with van der Waals surface area (Å²) in [6, 6.07) is 24.0. The first kappa shape index (κ1) is 23.5. The van der Waals surface area contributed by atoms with Crippen molar-refractivity contribution in [2.45, 2.75) is 6.54 Å². The molecule has 0 unspecified atom stereocenters. The van der Waals surface area contributed by atoms with Gasteiger partial charge in [0.2, 0.25) is 5.91 Å². The normalized spacial score (nSPS) is 17.2. The van der Waals surface area contributed by atoms with Crippen LogP contribution in [0.4, 0.5) is 11.4 Å². The second-order valence-electron chi connectivity index (χ2n) is 7.92. The maximum atomic E-state index is 13.6. The summed E-state index contributed by atoms with van der Waals surface area (Å²) in [5.41, 5.74) is 3.05. The van der Waals surface area contributed by atoms with Crippen LogP contribution in [0.25, 0.3) is 5.57 Å². The monoisotopic (exact) mass is 563 g/mol. The molecular weight excluding hydrogens is 546 g/mol. The van der Waals surface area contributed by atoms with E-state index in [0.29, 0.717) is 32.7 Å². The number of benzene rings is 3. The molecule has 0 atom stereocenters. The number of para-hydroxylation sites is 1. The summed E-state index contributed by atoms with van der Waals surface area (Å²) in [7, 11) is 0. The molecule has 3 amide bonds. The Morgan fingerprint density at radius 1 is 0.914 bits per heavy atom. The van der Waals surface area contributed by atoms with E-state index in [0.717, 1.165) is 21.8 Å². The minimum absolute atomic E-state index is 0.184. The minimum atomic E-state index is -0.393. The molecule has 0 saturated carbocycles. The van der Waals surface area contributed by atoms with Crippen LogP contribution in [0.15, 0.2) is 88.2 Å². The fourth-order valence-electron chi connectivity index (χ4n) is 4.02. The lowest BCUT2D eigenvalue weighted by atomic mass is 10.1. The van der Waals surface area contributed by atoms with Crippen molar-refractivity contribution in [1.82, 2.24) is 4.90 Å². The van der Waals surface area contributed by atoms with Gasteiger partial charge in [-0.3, -0.25) is 24.2 Å². The van der Waals surface area contributed by atoms with Crippen LogP contribution in [0.3, 0.4) is 0 Å². The van der Waals surface area contributed by atoms with Crippen LogP contribution < -0.4 is 10.2 Å². The first-order valence-electron chi connectivity index (χ1n) is 10.7. The second kappa shape index (κ2) is 9.77. The first-order valence-corrected chi connectivity index (χ1v) is 12.7. The number of thioether (sulfide) groups is 1. The van der Waals surface area contributed by atoms with Crippen LogP contribution in [0.1, 0.15) is 11.1 Å². The zero-order valence-electron chi connectivity index (χ0n) is 18.2. The molecule has 3 aromatic carbocycles. The third-order valence-electron chi connectivity index (χ3n) is 5.59. The summed E-state index contributed by atoms with van der Waals surface area (Å²) in [6.45, 7) is 0.146. The number of anilines is 2. The van der Waals surface area contributed by atoms with Gasteiger partial charge < -0.3 is 5.32 Å². The van der Waals surface area contributed by atoms with Crippen molar-refractivity contribution in [3.63, 3.8) is 0 Å². The first-order chi connectivity index (χ1) is 16.9. The Bertz CT molecular complexity index is 1410. The molecule has 1 saturated heterocycles. The number of halogens is 1. The molecule has 0 radical (unpaired) electrons. The van der Waals surface area contributed by atoms with Gasteiger partial charge >= 0.3 is 0 Å². The minimum Gasteiger partial charge on any atom is -0.324 e. The highest BCUT2D eigenvalue weighted by atomic mass is 79.9. The predicted molar refractivity (Wildman–Crippen MR) is 146 cm³/mol. The Kier molecular flexibility index (Phi) is 6.55. The van der Waals surface area contributed by atoms with Crippen molar-refractivity contribution >= 4 is 78.9 Å². The maximum Gasteiger partial charge on any atom is 0.267 e. The number of fused-ring (bicyclic) bond motifs is 1. The molecule has 6 nitrogen and oxygen atoms in total. The fraction of sp³-hybridized carbons (Fsp3) is 0.0769. The van der Waals surface area contributed by atoms with Gasteiger partial charge in [-0.2, -0.15) is 0 Å². The van der Waals surface area contributed by atoms with Gasteiger partial charge in [-0.05, 0) is 29.8 Å². The number of carbonyl (C=O) groups excluding carboxylic acids is 3. The topological polar surface area (TPSA) is 69.7 Å². The van der Waals surface area contributed by atoms with Gasteiger partial charge in [-0.1, -0.05) is 94.5 Å². The van der Waals surface area contributed by atoms with E-state index in [1.165, 1.54) is 9.80 Å². The molecular formula is C26H18BrN3O3S2. The van der Waals surface area contributed by atoms with Crippen molar-refractivity contribution in [3.05, 3.63) is 99.4 Å². The molecule has 3 aromatic rings. The quantitative estimate of drug-likeness (QED) is 0.341. The third-order valence-corrected chi connectivity index (χ3v) is 7.53. The van der Waals surface area contributed by atoms with Crippen molar-refractivity contribution in [2.24, 2.45) is 0 Å². The number of nitrogens with zero attached hydrogens (tertiary/aromatic N) is 2. The van der Waals surface area contributed by atoms with Gasteiger partial charge in [-0.15, -0.1) is 0 Å². The standard InChI is InChI=1S/C26H18BrN3O3S2/c27-17-9-6-10-18(13-17)28-21(31)15-29-20-12-5-4-11-19(20)22(24(29)32)23-25(33)30(26(34)35-23)14-16-7-2-1-3-8-16/h1-13H,14-15H2,(H,28,31). The summed E-state index contributed by atoms with van der Waals surface area (Å²) in [5, 5.41) is 2.82. The highest BCUT2D eigenvalue weighted by Crippen LogP contribution is 2.44. The summed E-state index contributed by atoms with van der Waals surface area (Å²) in [5.74, 6) is -1.04. The van der Waals surface area contributed by atoms with Crippen LogP contribution in [0, 0.1) is 0 Å². The van der Waals surface area contributed by atoms with Gasteiger partial charge in [0.15, 0.2) is 0 Å². The zero-order chi connectivity index (χ0) is 24.5. The van der Waals surface area contributed by atoms with E-state index >= 15 is 0 Å². The van der Waals surface area contributed by atoms with Crippen LogP contribution in [-0.4, -0.2) is 33.5 Å². The molecule has 0 spiro atoms. The SMILES string of the molecule is O=C(CN1C(=O)C(=C2SC(=S)N(Cc3ccccc3)C2=O)c2ccccc21)Nc1cccc(Br)c1. The maximum absolute atomic E-state index is 13.6. The molecule has 174 valence electrons. The molecule has 35 heavy (non-hydrogen) atoms. The summed E-state index contributed by atoms with van der Waals surface area (Å²) < 4.78 is 1.23. The van der Waals surface area contributed by atoms with Crippen LogP contribution in [-0.2, 0) is 20.9 Å². The Morgan fingerprint density at radius 3 is 2.43 bits per heavy atom. The molecule has 0 bridgehead atoms. The molecule has 2 heterocycles. The fourth-order valence-corrected chi connectivity index (χ4v) is 5.74. The van der Waals surface area contributed by atoms with E-state index < -0.39 is 5.91 Å². The summed E-state index contributed by atoms with van der Waals surface area (Å²) >= 11 is 10.00. The van der Waals surface area contributed by atoms with Gasteiger partial charge in [0.25, 0.3) is 11.8 Å². The summed E-state index contributed by atoms with van der Waals surface area (Å²) in [4.78, 5) is 42.9. The molecule has 9 heteroatoms. The van der Waals surface area contributed by atoms with Crippen LogP contribution in [0.5, 0.6) is 0 Å². The number of amides is 3. The lowest BCUT2D eigenvalue weighted by molar-refractivity contribution is -0.122. The van der Waals surface area contributed by atoms with E-state index in [9.17, 15) is 14.4 Å². The number of carbonyl (C=O) groups is 3. The van der Waals surface area contributed by atoms with Gasteiger partial charge in [-0.25, -0.2) is 0 Å². The molecule has 2 aliphatic rings. The Balaban J connectivity index is 1.43. The molecule has 1 fully saturated rings. The smallest absolute Gasteiger partial charge is 0.267 e. The molecule has 2 aliphatic heterocycles. The van der Waals surface area contributed by atoms with Crippen molar-refractivity contribution in [3.8, 4) is 0 Å². The number of thiocarbonyl (C=S) groups is 1. The van der Waals surface area contributed by atoms with E-state index in [2.05, 4.69) is 21.2 Å². The average Bonchev–Trinajstić information content (AvgIpc) is 3.27. The lowest BCUT2D eigenvalue weighted by Gasteiger charge is -2.17. The molecule has 0 aliphatic carbocycles. The van der Waals surface area contributed by atoms with Crippen LogP contribution in [0.2, 0.25) is 0 Å². The molecule has 5 rings (SSSR count). The highest BCUT2D eigenvalue weighted by Gasteiger charge is 2.42. The van der Waals surface area contributed by atoms with Crippen molar-refractivity contribution in [1.29, 1.82) is 0 Å². The van der Waals surface area contributed by atoms with Gasteiger partial charge in [0, 0.05) is 15.7 Å². The number of rotatable bonds is 5. The van der Waals surface area contributed by atoms with E-state index in [4.69, 9.17) is 12.2 Å². The number of hydrogen-bond acceptors (Lipinski definition) is 5.